The number of anilines is 1. The van der Waals surface area contributed by atoms with E-state index in [9.17, 15) is 0 Å². The van der Waals surface area contributed by atoms with Crippen LogP contribution < -0.4 is 5.73 Å². The number of nitrogens with two attached hydrogens (primary N) is 1. The molecule has 0 bridgehead atoms. The number of para-hydroxylation sites is 1. The second-order valence-corrected chi connectivity index (χ2v) is 6.47. The van der Waals surface area contributed by atoms with Gasteiger partial charge in [0, 0.05) is 4.88 Å². The summed E-state index contributed by atoms with van der Waals surface area (Å²) in [6.07, 6.45) is 0. The Balaban J connectivity index is 2.27. The van der Waals surface area contributed by atoms with Crippen LogP contribution in [0.2, 0.25) is 0 Å². The van der Waals surface area contributed by atoms with Crippen molar-refractivity contribution < 1.29 is 0 Å². The molecule has 3 aromatic rings. The highest BCUT2D eigenvalue weighted by atomic mass is 32.1. The number of aromatic nitrogens is 2. The van der Waals surface area contributed by atoms with E-state index in [4.69, 9.17) is 5.73 Å². The van der Waals surface area contributed by atoms with Gasteiger partial charge in [-0.15, -0.1) is 11.3 Å². The van der Waals surface area contributed by atoms with Crippen LogP contribution in [0.3, 0.4) is 0 Å². The summed E-state index contributed by atoms with van der Waals surface area (Å²) < 4.78 is 2.18. The Labute approximate surface area is 123 Å². The van der Waals surface area contributed by atoms with Crippen LogP contribution in [0.15, 0.2) is 35.7 Å². The van der Waals surface area contributed by atoms with Crippen LogP contribution in [-0.2, 0) is 0 Å². The minimum Gasteiger partial charge on any atom is -0.369 e. The minimum atomic E-state index is 0.238. The van der Waals surface area contributed by atoms with Crippen LogP contribution in [-0.4, -0.2) is 9.55 Å². The van der Waals surface area contributed by atoms with E-state index < -0.39 is 0 Å². The van der Waals surface area contributed by atoms with E-state index >= 15 is 0 Å². The highest BCUT2D eigenvalue weighted by Gasteiger charge is 2.23. The van der Waals surface area contributed by atoms with Gasteiger partial charge in [0.1, 0.15) is 0 Å². The largest absolute Gasteiger partial charge is 0.369 e. The Morgan fingerprint density at radius 2 is 2.00 bits per heavy atom. The van der Waals surface area contributed by atoms with Gasteiger partial charge in [0.2, 0.25) is 5.95 Å². The van der Waals surface area contributed by atoms with E-state index in [1.165, 1.54) is 10.4 Å². The third-order valence-corrected chi connectivity index (χ3v) is 4.64. The highest BCUT2D eigenvalue weighted by molar-refractivity contribution is 7.10. The van der Waals surface area contributed by atoms with Gasteiger partial charge in [-0.3, -0.25) is 0 Å². The van der Waals surface area contributed by atoms with Gasteiger partial charge in [0.25, 0.3) is 0 Å². The molecule has 0 amide bonds. The number of thiophene rings is 1. The predicted molar refractivity (Wildman–Crippen MR) is 86.2 cm³/mol. The van der Waals surface area contributed by atoms with Crippen LogP contribution in [0.1, 0.15) is 30.3 Å². The maximum absolute atomic E-state index is 6.22. The Hall–Kier alpha value is -1.81. The molecule has 1 unspecified atom stereocenters. The smallest absolute Gasteiger partial charge is 0.201 e. The summed E-state index contributed by atoms with van der Waals surface area (Å²) >= 11 is 1.77. The van der Waals surface area contributed by atoms with Gasteiger partial charge >= 0.3 is 0 Å². The minimum absolute atomic E-state index is 0.238. The standard InChI is InChI=1S/C16H19N3S/c1-10(2)15(13-8-5-9-20-13)19-12-7-4-6-11(3)14(12)18-16(19)17/h4-10,15H,1-3H3,(H2,17,18). The third kappa shape index (κ3) is 2.00. The zero-order valence-electron chi connectivity index (χ0n) is 12.0. The van der Waals surface area contributed by atoms with Gasteiger partial charge in [-0.25, -0.2) is 4.98 Å². The molecule has 0 saturated heterocycles. The molecule has 0 radical (unpaired) electrons. The molecular weight excluding hydrogens is 266 g/mol. The summed E-state index contributed by atoms with van der Waals surface area (Å²) in [5.41, 5.74) is 9.52. The fourth-order valence-electron chi connectivity index (χ4n) is 2.78. The highest BCUT2D eigenvalue weighted by Crippen LogP contribution is 2.35. The van der Waals surface area contributed by atoms with Crippen molar-refractivity contribution in [2.45, 2.75) is 26.8 Å². The van der Waals surface area contributed by atoms with Crippen LogP contribution in [0.4, 0.5) is 5.95 Å². The van der Waals surface area contributed by atoms with Gasteiger partial charge < -0.3 is 10.3 Å². The fourth-order valence-corrected chi connectivity index (χ4v) is 3.77. The van der Waals surface area contributed by atoms with Gasteiger partial charge in [0.05, 0.1) is 17.1 Å². The normalized spacial score (nSPS) is 13.2. The van der Waals surface area contributed by atoms with Crippen molar-refractivity contribution in [3.8, 4) is 0 Å². The van der Waals surface area contributed by atoms with Crippen LogP contribution >= 0.6 is 11.3 Å². The van der Waals surface area contributed by atoms with E-state index in [1.54, 1.807) is 11.3 Å². The molecular formula is C16H19N3S. The average molecular weight is 285 g/mol. The van der Waals surface area contributed by atoms with Crippen LogP contribution in [0.25, 0.3) is 11.0 Å². The molecule has 1 atom stereocenters. The predicted octanol–water partition coefficient (Wildman–Crippen LogP) is 4.23. The number of benzene rings is 1. The Bertz CT molecular complexity index is 726. The molecule has 0 fully saturated rings. The summed E-state index contributed by atoms with van der Waals surface area (Å²) in [5, 5.41) is 2.12. The van der Waals surface area contributed by atoms with Gasteiger partial charge in [-0.05, 0) is 35.9 Å². The summed E-state index contributed by atoms with van der Waals surface area (Å²) in [7, 11) is 0. The number of aryl methyl sites for hydroxylation is 1. The Kier molecular flexibility index (Phi) is 3.26. The van der Waals surface area contributed by atoms with Crippen LogP contribution in [0, 0.1) is 12.8 Å². The first-order valence-electron chi connectivity index (χ1n) is 6.86. The van der Waals surface area contributed by atoms with Crippen molar-refractivity contribution in [3.05, 3.63) is 46.2 Å². The van der Waals surface area contributed by atoms with Crippen molar-refractivity contribution in [1.82, 2.24) is 9.55 Å². The van der Waals surface area contributed by atoms with E-state index in [-0.39, 0.29) is 6.04 Å². The summed E-state index contributed by atoms with van der Waals surface area (Å²) in [6.45, 7) is 6.53. The first kappa shape index (κ1) is 13.2. The summed E-state index contributed by atoms with van der Waals surface area (Å²) in [6, 6.07) is 10.8. The molecule has 0 aliphatic heterocycles. The Morgan fingerprint density at radius 1 is 1.20 bits per heavy atom. The molecule has 0 aliphatic carbocycles. The van der Waals surface area contributed by atoms with Crippen molar-refractivity contribution >= 4 is 28.3 Å². The first-order chi connectivity index (χ1) is 9.59. The SMILES string of the molecule is Cc1cccc2c1nc(N)n2C(c1cccs1)C(C)C. The topological polar surface area (TPSA) is 43.8 Å². The number of hydrogen-bond donors (Lipinski definition) is 1. The van der Waals surface area contributed by atoms with Gasteiger partial charge in [0.15, 0.2) is 0 Å². The lowest BCUT2D eigenvalue weighted by Gasteiger charge is -2.23. The molecule has 2 aromatic heterocycles. The zero-order valence-corrected chi connectivity index (χ0v) is 12.8. The lowest BCUT2D eigenvalue weighted by Crippen LogP contribution is -2.17. The second kappa shape index (κ2) is 4.94. The number of imidazole rings is 1. The Morgan fingerprint density at radius 3 is 2.65 bits per heavy atom. The van der Waals surface area contributed by atoms with Crippen molar-refractivity contribution in [2.75, 3.05) is 5.73 Å². The average Bonchev–Trinajstić information content (AvgIpc) is 3.01. The molecule has 0 saturated carbocycles. The second-order valence-electron chi connectivity index (χ2n) is 5.49. The number of hydrogen-bond acceptors (Lipinski definition) is 3. The quantitative estimate of drug-likeness (QED) is 0.782. The van der Waals surface area contributed by atoms with Crippen molar-refractivity contribution in [1.29, 1.82) is 0 Å². The lowest BCUT2D eigenvalue weighted by atomic mass is 10.0. The molecule has 104 valence electrons. The monoisotopic (exact) mass is 285 g/mol. The summed E-state index contributed by atoms with van der Waals surface area (Å²) in [5.74, 6) is 1.05. The molecule has 3 nitrogen and oxygen atoms in total. The van der Waals surface area contributed by atoms with Gasteiger partial charge in [-0.1, -0.05) is 32.0 Å². The molecule has 3 rings (SSSR count). The van der Waals surface area contributed by atoms with E-state index in [2.05, 4.69) is 66.0 Å². The number of rotatable bonds is 3. The van der Waals surface area contributed by atoms with Crippen molar-refractivity contribution in [2.24, 2.45) is 5.92 Å². The van der Waals surface area contributed by atoms with E-state index in [0.29, 0.717) is 11.9 Å². The van der Waals surface area contributed by atoms with Crippen molar-refractivity contribution in [3.63, 3.8) is 0 Å². The lowest BCUT2D eigenvalue weighted by molar-refractivity contribution is 0.457. The molecule has 1 aromatic carbocycles. The molecule has 2 N–H and O–H groups in total. The number of nitrogens with zero attached hydrogens (tertiary/aromatic N) is 2. The van der Waals surface area contributed by atoms with E-state index in [0.717, 1.165) is 11.0 Å². The molecule has 0 spiro atoms. The fraction of sp³-hybridized carbons (Fsp3) is 0.312. The zero-order chi connectivity index (χ0) is 14.3. The number of fused-ring (bicyclic) bond motifs is 1. The molecule has 2 heterocycles. The summed E-state index contributed by atoms with van der Waals surface area (Å²) in [4.78, 5) is 5.90. The number of nitrogen functional groups attached to an aromatic ring is 1. The first-order valence-corrected chi connectivity index (χ1v) is 7.74. The van der Waals surface area contributed by atoms with E-state index in [1.807, 2.05) is 0 Å². The third-order valence-electron chi connectivity index (χ3n) is 3.69. The van der Waals surface area contributed by atoms with Crippen LogP contribution in [0.5, 0.6) is 0 Å². The molecule has 20 heavy (non-hydrogen) atoms. The maximum atomic E-state index is 6.22. The maximum Gasteiger partial charge on any atom is 0.201 e. The van der Waals surface area contributed by atoms with Gasteiger partial charge in [-0.2, -0.15) is 0 Å². The molecule has 0 aliphatic rings. The molecule has 4 heteroatoms.